The summed E-state index contributed by atoms with van der Waals surface area (Å²) < 4.78 is 0. The molecule has 5 aromatic carbocycles. The van der Waals surface area contributed by atoms with Gasteiger partial charge in [0.05, 0.1) is 5.41 Å². The molecule has 0 bridgehead atoms. The summed E-state index contributed by atoms with van der Waals surface area (Å²) in [5.41, 5.74) is 3.97. The number of thiol groups is 4. The van der Waals surface area contributed by atoms with E-state index < -0.39 is 5.41 Å². The molecule has 4 heteroatoms. The van der Waals surface area contributed by atoms with E-state index in [1.165, 1.54) is 43.1 Å². The fourth-order valence-corrected chi connectivity index (χ4v) is 7.25. The number of fused-ring (bicyclic) bond motifs is 7. The molecule has 2 aliphatic rings. The monoisotopic (exact) mass is 546 g/mol. The lowest BCUT2D eigenvalue weighted by Gasteiger charge is -2.39. The first-order valence-electron chi connectivity index (χ1n) is 12.1. The second kappa shape index (κ2) is 8.64. The van der Waals surface area contributed by atoms with Gasteiger partial charge < -0.3 is 0 Å². The molecule has 0 aliphatic heterocycles. The standard InChI is InChI=1S/C33H22S4/c34-27-15-5-13-25(31(27)36)33(26-14-6-16-28(35)32(26)37)17-7-8-19-18-24-22-11-2-1-9-20(22)21-10-3-4-12-23(21)29(24)30(19)33/h1-18,34-37H. The van der Waals surface area contributed by atoms with Gasteiger partial charge in [-0.15, -0.1) is 50.5 Å². The average molecular weight is 547 g/mol. The largest absolute Gasteiger partial charge is 0.142 e. The second-order valence-electron chi connectivity index (χ2n) is 9.53. The number of allylic oxidation sites excluding steroid dienone is 4. The van der Waals surface area contributed by atoms with E-state index in [0.29, 0.717) is 0 Å². The summed E-state index contributed by atoms with van der Waals surface area (Å²) >= 11 is 19.6. The lowest BCUT2D eigenvalue weighted by molar-refractivity contribution is 0.773. The summed E-state index contributed by atoms with van der Waals surface area (Å²) in [4.78, 5) is 3.41. The van der Waals surface area contributed by atoms with Gasteiger partial charge in [-0.05, 0) is 72.5 Å². The fourth-order valence-electron chi connectivity index (χ4n) is 6.19. The van der Waals surface area contributed by atoms with Crippen molar-refractivity contribution < 1.29 is 0 Å². The zero-order valence-electron chi connectivity index (χ0n) is 19.7. The Kier molecular flexibility index (Phi) is 5.46. The summed E-state index contributed by atoms with van der Waals surface area (Å²) in [6.45, 7) is 0. The van der Waals surface area contributed by atoms with Crippen LogP contribution < -0.4 is 10.4 Å². The van der Waals surface area contributed by atoms with Crippen LogP contribution in [0, 0.1) is 0 Å². The van der Waals surface area contributed by atoms with E-state index in [1.54, 1.807) is 0 Å². The first kappa shape index (κ1) is 23.4. The summed E-state index contributed by atoms with van der Waals surface area (Å²) in [6, 6.07) is 29.9. The lowest BCUT2D eigenvalue weighted by atomic mass is 9.65. The van der Waals surface area contributed by atoms with Gasteiger partial charge in [-0.1, -0.05) is 91.0 Å². The molecule has 0 fully saturated rings. The molecule has 0 nitrogen and oxygen atoms in total. The van der Waals surface area contributed by atoms with E-state index in [4.69, 9.17) is 50.5 Å². The first-order chi connectivity index (χ1) is 18.0. The van der Waals surface area contributed by atoms with Gasteiger partial charge >= 0.3 is 0 Å². The predicted molar refractivity (Wildman–Crippen MR) is 168 cm³/mol. The van der Waals surface area contributed by atoms with Crippen molar-refractivity contribution >= 4 is 83.7 Å². The van der Waals surface area contributed by atoms with E-state index in [1.807, 2.05) is 12.1 Å². The summed E-state index contributed by atoms with van der Waals surface area (Å²) in [5.74, 6) is 0. The molecule has 2 aliphatic carbocycles. The molecule has 0 amide bonds. The zero-order chi connectivity index (χ0) is 25.3. The molecule has 178 valence electrons. The molecule has 0 saturated carbocycles. The topological polar surface area (TPSA) is 0 Å². The highest BCUT2D eigenvalue weighted by Gasteiger charge is 2.43. The molecule has 5 aromatic rings. The second-order valence-corrected chi connectivity index (χ2v) is 11.4. The molecule has 0 aromatic heterocycles. The van der Waals surface area contributed by atoms with Crippen LogP contribution in [-0.2, 0) is 5.41 Å². The third-order valence-corrected chi connectivity index (χ3v) is 9.77. The molecule has 0 N–H and O–H groups in total. The van der Waals surface area contributed by atoms with Crippen molar-refractivity contribution in [2.75, 3.05) is 0 Å². The maximum absolute atomic E-state index is 5.02. The van der Waals surface area contributed by atoms with Gasteiger partial charge in [0.15, 0.2) is 0 Å². The van der Waals surface area contributed by atoms with Crippen molar-refractivity contribution in [3.8, 4) is 0 Å². The predicted octanol–water partition coefficient (Wildman–Crippen LogP) is 7.58. The van der Waals surface area contributed by atoms with Crippen molar-refractivity contribution in [1.82, 2.24) is 0 Å². The number of rotatable bonds is 2. The smallest absolute Gasteiger partial charge is 0.0669 e. The van der Waals surface area contributed by atoms with Crippen LogP contribution >= 0.6 is 50.5 Å². The summed E-state index contributed by atoms with van der Waals surface area (Å²) in [7, 11) is 0. The molecule has 0 heterocycles. The number of benzene rings is 5. The van der Waals surface area contributed by atoms with E-state index in [9.17, 15) is 0 Å². The Morgan fingerprint density at radius 1 is 0.541 bits per heavy atom. The highest BCUT2D eigenvalue weighted by Crippen LogP contribution is 2.52. The highest BCUT2D eigenvalue weighted by atomic mass is 32.1. The maximum Gasteiger partial charge on any atom is 0.0669 e. The molecule has 7 rings (SSSR count). The number of hydrogen-bond acceptors (Lipinski definition) is 4. The molecule has 37 heavy (non-hydrogen) atoms. The molecule has 0 spiro atoms. The lowest BCUT2D eigenvalue weighted by Crippen LogP contribution is -2.36. The van der Waals surface area contributed by atoms with Crippen molar-refractivity contribution in [3.63, 3.8) is 0 Å². The normalized spacial score (nSPS) is 15.5. The van der Waals surface area contributed by atoms with Gasteiger partial charge in [0.2, 0.25) is 0 Å². The minimum Gasteiger partial charge on any atom is -0.142 e. The van der Waals surface area contributed by atoms with Crippen molar-refractivity contribution in [2.45, 2.75) is 25.0 Å². The van der Waals surface area contributed by atoms with Crippen molar-refractivity contribution in [1.29, 1.82) is 0 Å². The van der Waals surface area contributed by atoms with Gasteiger partial charge in [-0.25, -0.2) is 0 Å². The van der Waals surface area contributed by atoms with Gasteiger partial charge in [0.25, 0.3) is 0 Å². The Labute approximate surface area is 237 Å². The van der Waals surface area contributed by atoms with Crippen LogP contribution in [0.3, 0.4) is 0 Å². The van der Waals surface area contributed by atoms with E-state index >= 15 is 0 Å². The highest BCUT2D eigenvalue weighted by molar-refractivity contribution is 7.84. The fraction of sp³-hybridized carbons (Fsp3) is 0.0303. The molecule has 0 saturated heterocycles. The Bertz CT molecular complexity index is 1930. The quantitative estimate of drug-likeness (QED) is 0.127. The van der Waals surface area contributed by atoms with Crippen molar-refractivity contribution in [3.05, 3.63) is 130 Å². The summed E-state index contributed by atoms with van der Waals surface area (Å²) in [5, 5.41) is 7.55. The molecular weight excluding hydrogens is 525 g/mol. The van der Waals surface area contributed by atoms with Gasteiger partial charge in [0, 0.05) is 19.6 Å². The van der Waals surface area contributed by atoms with Crippen LogP contribution in [0.4, 0.5) is 0 Å². The Morgan fingerprint density at radius 3 is 1.70 bits per heavy atom. The van der Waals surface area contributed by atoms with Crippen LogP contribution in [0.5, 0.6) is 0 Å². The zero-order valence-corrected chi connectivity index (χ0v) is 23.3. The van der Waals surface area contributed by atoms with Gasteiger partial charge in [-0.2, -0.15) is 0 Å². The van der Waals surface area contributed by atoms with Crippen LogP contribution in [0.25, 0.3) is 33.2 Å². The third-order valence-electron chi connectivity index (χ3n) is 7.71. The minimum absolute atomic E-state index is 0.636. The molecule has 0 atom stereocenters. The minimum atomic E-state index is -0.636. The Hall–Kier alpha value is -2.76. The Balaban J connectivity index is 1.79. The molecule has 0 radical (unpaired) electrons. The molecular formula is C33H22S4. The van der Waals surface area contributed by atoms with Crippen LogP contribution in [0.2, 0.25) is 0 Å². The van der Waals surface area contributed by atoms with E-state index in [2.05, 4.69) is 97.1 Å². The average Bonchev–Trinajstić information content (AvgIpc) is 3.33. The summed E-state index contributed by atoms with van der Waals surface area (Å²) in [6.07, 6.45) is 9.04. The van der Waals surface area contributed by atoms with Crippen LogP contribution in [0.1, 0.15) is 11.1 Å². The first-order valence-corrected chi connectivity index (χ1v) is 13.9. The van der Waals surface area contributed by atoms with Gasteiger partial charge in [-0.3, -0.25) is 0 Å². The molecule has 0 unspecified atom stereocenters. The Morgan fingerprint density at radius 2 is 1.08 bits per heavy atom. The SMILES string of the molecule is Sc1cccc(C2(c3cccc(S)c3S)C=CC=C3C=c4c(c5ccccc5c5ccccc45)=C32)c1S. The van der Waals surface area contributed by atoms with E-state index in [0.717, 1.165) is 30.7 Å². The van der Waals surface area contributed by atoms with Crippen LogP contribution in [0.15, 0.2) is 128 Å². The maximum atomic E-state index is 5.02. The van der Waals surface area contributed by atoms with Gasteiger partial charge in [0.1, 0.15) is 0 Å². The third kappa shape index (κ3) is 3.23. The number of hydrogen-bond donors (Lipinski definition) is 4. The van der Waals surface area contributed by atoms with Crippen molar-refractivity contribution in [2.24, 2.45) is 0 Å². The van der Waals surface area contributed by atoms with Crippen LogP contribution in [-0.4, -0.2) is 0 Å². The van der Waals surface area contributed by atoms with E-state index in [-0.39, 0.29) is 0 Å².